The van der Waals surface area contributed by atoms with Gasteiger partial charge in [0.15, 0.2) is 0 Å². The average Bonchev–Trinajstić information content (AvgIpc) is 2.33. The van der Waals surface area contributed by atoms with Gasteiger partial charge in [-0.1, -0.05) is 45.8 Å². The van der Waals surface area contributed by atoms with Crippen molar-refractivity contribution in [3.05, 3.63) is 68.7 Å². The third-order valence-corrected chi connectivity index (χ3v) is 3.77. The predicted octanol–water partition coefficient (Wildman–Crippen LogP) is 3.93. The fourth-order valence-electron chi connectivity index (χ4n) is 2.37. The highest BCUT2D eigenvalue weighted by Crippen LogP contribution is 2.28. The van der Waals surface area contributed by atoms with Gasteiger partial charge in [-0.05, 0) is 55.2 Å². The zero-order chi connectivity index (χ0) is 14.0. The quantitative estimate of drug-likeness (QED) is 0.664. The third-order valence-electron chi connectivity index (χ3n) is 3.31. The molecular formula is C16H19BrN2. The van der Waals surface area contributed by atoms with Gasteiger partial charge in [0.1, 0.15) is 0 Å². The van der Waals surface area contributed by atoms with Crippen molar-refractivity contribution in [3.63, 3.8) is 0 Å². The second-order valence-electron chi connectivity index (χ2n) is 5.02. The molecule has 3 N–H and O–H groups in total. The van der Waals surface area contributed by atoms with E-state index in [1.165, 1.54) is 27.8 Å². The molecule has 1 atom stereocenters. The lowest BCUT2D eigenvalue weighted by Gasteiger charge is -2.20. The van der Waals surface area contributed by atoms with Crippen LogP contribution in [-0.4, -0.2) is 0 Å². The molecule has 19 heavy (non-hydrogen) atoms. The van der Waals surface area contributed by atoms with E-state index in [1.54, 1.807) is 0 Å². The van der Waals surface area contributed by atoms with Crippen LogP contribution in [0.4, 0.5) is 0 Å². The van der Waals surface area contributed by atoms with Crippen LogP contribution in [0.15, 0.2) is 40.9 Å². The molecule has 0 heterocycles. The minimum Gasteiger partial charge on any atom is -0.271 e. The number of hydrogen-bond acceptors (Lipinski definition) is 2. The Kier molecular flexibility index (Phi) is 4.40. The van der Waals surface area contributed by atoms with Crippen molar-refractivity contribution < 1.29 is 0 Å². The van der Waals surface area contributed by atoms with Crippen LogP contribution < -0.4 is 11.3 Å². The van der Waals surface area contributed by atoms with Crippen LogP contribution in [0.1, 0.15) is 33.9 Å². The fourth-order valence-corrected chi connectivity index (χ4v) is 2.99. The van der Waals surface area contributed by atoms with Gasteiger partial charge in [-0.2, -0.15) is 0 Å². The summed E-state index contributed by atoms with van der Waals surface area (Å²) < 4.78 is 1.08. The van der Waals surface area contributed by atoms with Gasteiger partial charge in [-0.3, -0.25) is 5.84 Å². The monoisotopic (exact) mass is 318 g/mol. The van der Waals surface area contributed by atoms with E-state index in [0.29, 0.717) is 0 Å². The first kappa shape index (κ1) is 14.3. The molecular weight excluding hydrogens is 300 g/mol. The van der Waals surface area contributed by atoms with E-state index in [2.05, 4.69) is 78.5 Å². The van der Waals surface area contributed by atoms with Gasteiger partial charge >= 0.3 is 0 Å². The molecule has 2 nitrogen and oxygen atoms in total. The molecule has 100 valence electrons. The molecule has 0 aliphatic rings. The number of halogens is 1. The summed E-state index contributed by atoms with van der Waals surface area (Å²) in [7, 11) is 0. The largest absolute Gasteiger partial charge is 0.271 e. The first-order chi connectivity index (χ1) is 9.01. The molecule has 0 fully saturated rings. The van der Waals surface area contributed by atoms with E-state index < -0.39 is 0 Å². The summed E-state index contributed by atoms with van der Waals surface area (Å²) in [5.74, 6) is 5.79. The van der Waals surface area contributed by atoms with Gasteiger partial charge in [0.2, 0.25) is 0 Å². The van der Waals surface area contributed by atoms with Crippen molar-refractivity contribution >= 4 is 15.9 Å². The van der Waals surface area contributed by atoms with E-state index in [1.807, 2.05) is 0 Å². The van der Waals surface area contributed by atoms with Crippen LogP contribution in [0.25, 0.3) is 0 Å². The zero-order valence-electron chi connectivity index (χ0n) is 11.5. The maximum atomic E-state index is 5.79. The SMILES string of the molecule is Cc1cc(Br)cc(C(NN)c2cc(C)ccc2C)c1. The summed E-state index contributed by atoms with van der Waals surface area (Å²) in [6.07, 6.45) is 0. The van der Waals surface area contributed by atoms with Gasteiger partial charge in [0.05, 0.1) is 6.04 Å². The first-order valence-corrected chi connectivity index (χ1v) is 7.11. The molecule has 0 bridgehead atoms. The summed E-state index contributed by atoms with van der Waals surface area (Å²) in [5.41, 5.74) is 9.03. The van der Waals surface area contributed by atoms with Crippen molar-refractivity contribution in [3.8, 4) is 0 Å². The number of nitrogens with one attached hydrogen (secondary N) is 1. The molecule has 0 radical (unpaired) electrons. The molecule has 2 aromatic carbocycles. The molecule has 0 saturated carbocycles. The smallest absolute Gasteiger partial charge is 0.0713 e. The maximum Gasteiger partial charge on any atom is 0.0713 e. The molecule has 2 rings (SSSR count). The van der Waals surface area contributed by atoms with E-state index in [-0.39, 0.29) is 6.04 Å². The molecule has 1 unspecified atom stereocenters. The van der Waals surface area contributed by atoms with Gasteiger partial charge in [0, 0.05) is 4.47 Å². The Morgan fingerprint density at radius 2 is 1.74 bits per heavy atom. The lowest BCUT2D eigenvalue weighted by Crippen LogP contribution is -2.29. The standard InChI is InChI=1S/C16H19BrN2/c1-10-4-5-12(3)15(8-10)16(19-18)13-6-11(2)7-14(17)9-13/h4-9,16,19H,18H2,1-3H3. The summed E-state index contributed by atoms with van der Waals surface area (Å²) >= 11 is 3.55. The van der Waals surface area contributed by atoms with E-state index in [0.717, 1.165) is 4.47 Å². The summed E-state index contributed by atoms with van der Waals surface area (Å²) in [5, 5.41) is 0. The highest BCUT2D eigenvalue weighted by atomic mass is 79.9. The van der Waals surface area contributed by atoms with Crippen molar-refractivity contribution in [1.29, 1.82) is 0 Å². The fraction of sp³-hybridized carbons (Fsp3) is 0.250. The lowest BCUT2D eigenvalue weighted by molar-refractivity contribution is 0.632. The minimum absolute atomic E-state index is 0.0103. The molecule has 3 heteroatoms. The number of aryl methyl sites for hydroxylation is 3. The van der Waals surface area contributed by atoms with Gasteiger partial charge < -0.3 is 0 Å². The maximum absolute atomic E-state index is 5.79. The Morgan fingerprint density at radius 1 is 1.00 bits per heavy atom. The zero-order valence-corrected chi connectivity index (χ0v) is 13.1. The molecule has 0 saturated heterocycles. The number of hydrogen-bond donors (Lipinski definition) is 2. The van der Waals surface area contributed by atoms with E-state index >= 15 is 0 Å². The first-order valence-electron chi connectivity index (χ1n) is 6.31. The number of hydrazine groups is 1. The van der Waals surface area contributed by atoms with Crippen LogP contribution >= 0.6 is 15.9 Å². The molecule has 0 amide bonds. The van der Waals surface area contributed by atoms with Gasteiger partial charge in [0.25, 0.3) is 0 Å². The number of rotatable bonds is 3. The second-order valence-corrected chi connectivity index (χ2v) is 5.94. The van der Waals surface area contributed by atoms with Crippen LogP contribution in [0.3, 0.4) is 0 Å². The highest BCUT2D eigenvalue weighted by Gasteiger charge is 2.15. The summed E-state index contributed by atoms with van der Waals surface area (Å²) in [4.78, 5) is 0. The van der Waals surface area contributed by atoms with Crippen molar-refractivity contribution in [2.24, 2.45) is 5.84 Å². The Hall–Kier alpha value is -1.16. The van der Waals surface area contributed by atoms with E-state index in [4.69, 9.17) is 5.84 Å². The van der Waals surface area contributed by atoms with Crippen molar-refractivity contribution in [2.45, 2.75) is 26.8 Å². The molecule has 2 aromatic rings. The molecule has 0 aliphatic carbocycles. The summed E-state index contributed by atoms with van der Waals surface area (Å²) in [6, 6.07) is 12.8. The average molecular weight is 319 g/mol. The van der Waals surface area contributed by atoms with Crippen LogP contribution in [-0.2, 0) is 0 Å². The topological polar surface area (TPSA) is 38.0 Å². The molecule has 0 aliphatic heterocycles. The van der Waals surface area contributed by atoms with Crippen molar-refractivity contribution in [2.75, 3.05) is 0 Å². The Balaban J connectivity index is 2.52. The minimum atomic E-state index is 0.0103. The predicted molar refractivity (Wildman–Crippen MR) is 84.0 cm³/mol. The van der Waals surface area contributed by atoms with Gasteiger partial charge in [-0.25, -0.2) is 5.43 Å². The molecule has 0 spiro atoms. The second kappa shape index (κ2) is 5.87. The summed E-state index contributed by atoms with van der Waals surface area (Å²) in [6.45, 7) is 6.30. The van der Waals surface area contributed by atoms with Crippen LogP contribution in [0, 0.1) is 20.8 Å². The van der Waals surface area contributed by atoms with Crippen LogP contribution in [0.2, 0.25) is 0 Å². The normalized spacial score (nSPS) is 12.5. The Bertz CT molecular complexity index is 573. The van der Waals surface area contributed by atoms with Gasteiger partial charge in [-0.15, -0.1) is 0 Å². The molecule has 0 aromatic heterocycles. The Morgan fingerprint density at radius 3 is 2.37 bits per heavy atom. The number of nitrogens with two attached hydrogens (primary N) is 1. The highest BCUT2D eigenvalue weighted by molar-refractivity contribution is 9.10. The van der Waals surface area contributed by atoms with Crippen LogP contribution in [0.5, 0.6) is 0 Å². The van der Waals surface area contributed by atoms with E-state index in [9.17, 15) is 0 Å². The number of benzene rings is 2. The Labute approximate surface area is 123 Å². The third kappa shape index (κ3) is 3.24. The lowest BCUT2D eigenvalue weighted by atomic mass is 9.93. The van der Waals surface area contributed by atoms with Crippen molar-refractivity contribution in [1.82, 2.24) is 5.43 Å².